The van der Waals surface area contributed by atoms with Gasteiger partial charge in [0.15, 0.2) is 0 Å². The second kappa shape index (κ2) is 17.1. The minimum atomic E-state index is -0.978. The number of nitrogens with zero attached hydrogens (tertiary/aromatic N) is 1. The van der Waals surface area contributed by atoms with Gasteiger partial charge in [-0.25, -0.2) is 4.79 Å². The second-order valence-electron chi connectivity index (χ2n) is 12.6. The third-order valence-corrected chi connectivity index (χ3v) is 7.44. The lowest BCUT2D eigenvalue weighted by atomic mass is 9.91. The van der Waals surface area contributed by atoms with E-state index in [0.29, 0.717) is 24.3 Å². The molecule has 4 unspecified atom stereocenters. The van der Waals surface area contributed by atoms with Crippen molar-refractivity contribution in [1.82, 2.24) is 15.5 Å². The molecular weight excluding hydrogens is 534 g/mol. The Bertz CT molecular complexity index is 1050. The normalized spacial score (nSPS) is 14.4. The van der Waals surface area contributed by atoms with E-state index in [9.17, 15) is 19.2 Å². The lowest BCUT2D eigenvalue weighted by Crippen LogP contribution is -2.57. The molecular formula is C33H55N3O6. The summed E-state index contributed by atoms with van der Waals surface area (Å²) in [6.07, 6.45) is 1.48. The van der Waals surface area contributed by atoms with Gasteiger partial charge in [0.1, 0.15) is 17.7 Å². The zero-order valence-corrected chi connectivity index (χ0v) is 27.8. The Balaban J connectivity index is 3.68. The molecule has 42 heavy (non-hydrogen) atoms. The van der Waals surface area contributed by atoms with E-state index < -0.39 is 35.7 Å². The Morgan fingerprint density at radius 1 is 0.976 bits per heavy atom. The highest BCUT2D eigenvalue weighted by Crippen LogP contribution is 2.31. The van der Waals surface area contributed by atoms with E-state index >= 15 is 0 Å². The van der Waals surface area contributed by atoms with Crippen LogP contribution in [-0.2, 0) is 23.9 Å². The highest BCUT2D eigenvalue weighted by Gasteiger charge is 2.41. The lowest BCUT2D eigenvalue weighted by molar-refractivity contribution is -0.147. The minimum Gasteiger partial charge on any atom is -0.466 e. The summed E-state index contributed by atoms with van der Waals surface area (Å²) >= 11 is 0. The van der Waals surface area contributed by atoms with Crippen molar-refractivity contribution in [3.05, 3.63) is 34.9 Å². The van der Waals surface area contributed by atoms with Gasteiger partial charge in [0.25, 0.3) is 0 Å². The molecule has 9 nitrogen and oxygen atoms in total. The largest absolute Gasteiger partial charge is 0.466 e. The molecule has 0 heterocycles. The number of amides is 3. The van der Waals surface area contributed by atoms with Crippen LogP contribution in [0.1, 0.15) is 111 Å². The first-order valence-electron chi connectivity index (χ1n) is 15.3. The van der Waals surface area contributed by atoms with Crippen molar-refractivity contribution in [3.63, 3.8) is 0 Å². The maximum atomic E-state index is 14.6. The monoisotopic (exact) mass is 589 g/mol. The highest BCUT2D eigenvalue weighted by molar-refractivity contribution is 5.93. The fraction of sp³-hybridized carbons (Fsp3) is 0.697. The molecule has 0 fully saturated rings. The number of esters is 1. The first-order valence-corrected chi connectivity index (χ1v) is 15.3. The molecule has 1 rings (SSSR count). The summed E-state index contributed by atoms with van der Waals surface area (Å²) in [4.78, 5) is 55.2. The van der Waals surface area contributed by atoms with E-state index in [1.54, 1.807) is 32.6 Å². The number of hydrogen-bond acceptors (Lipinski definition) is 6. The zero-order chi connectivity index (χ0) is 32.2. The first-order chi connectivity index (χ1) is 19.5. The molecule has 0 saturated heterocycles. The number of rotatable bonds is 15. The SMILES string of the molecule is CCOC(=O)CCNC(=O)C(c1cccc(C)c1C)N(C(=O)C(NC(=O)OC(C)(C)C)C(C)CC)C(C)CCC(C)C. The summed E-state index contributed by atoms with van der Waals surface area (Å²) in [6.45, 7) is 21.3. The number of alkyl carbamates (subject to hydrolysis) is 1. The average molecular weight is 590 g/mol. The van der Waals surface area contributed by atoms with Gasteiger partial charge >= 0.3 is 12.1 Å². The van der Waals surface area contributed by atoms with E-state index in [-0.39, 0.29) is 37.4 Å². The molecule has 0 aliphatic heterocycles. The molecule has 238 valence electrons. The Kier molecular flexibility index (Phi) is 15.1. The molecule has 0 bridgehead atoms. The predicted octanol–water partition coefficient (Wildman–Crippen LogP) is 6.01. The number of carbonyl (C=O) groups is 4. The standard InChI is InChI=1S/C33H55N3O6/c1-12-22(5)28(35-32(40)42-33(9,10)11)31(39)36(24(7)18-17-21(3)4)29(26-16-14-15-23(6)25(26)8)30(38)34-20-19-27(37)41-13-2/h14-16,21-22,24,28-29H,12-13,17-20H2,1-11H3,(H,34,38)(H,35,40). The van der Waals surface area contributed by atoms with Crippen LogP contribution < -0.4 is 10.6 Å². The Morgan fingerprint density at radius 3 is 2.17 bits per heavy atom. The molecule has 1 aromatic carbocycles. The van der Waals surface area contributed by atoms with Gasteiger partial charge in [0, 0.05) is 12.6 Å². The molecule has 1 aromatic rings. The number of ether oxygens (including phenoxy) is 2. The summed E-state index contributed by atoms with van der Waals surface area (Å²) in [5.74, 6) is -0.975. The van der Waals surface area contributed by atoms with Crippen LogP contribution in [0.3, 0.4) is 0 Å². The van der Waals surface area contributed by atoms with Crippen molar-refractivity contribution >= 4 is 23.9 Å². The average Bonchev–Trinajstić information content (AvgIpc) is 2.89. The fourth-order valence-corrected chi connectivity index (χ4v) is 4.70. The molecule has 0 radical (unpaired) electrons. The molecule has 4 atom stereocenters. The first kappa shape index (κ1) is 36.9. The zero-order valence-electron chi connectivity index (χ0n) is 27.8. The van der Waals surface area contributed by atoms with Gasteiger partial charge in [-0.3, -0.25) is 14.4 Å². The maximum Gasteiger partial charge on any atom is 0.408 e. The fourth-order valence-electron chi connectivity index (χ4n) is 4.70. The maximum absolute atomic E-state index is 14.6. The second-order valence-corrected chi connectivity index (χ2v) is 12.6. The third-order valence-electron chi connectivity index (χ3n) is 7.44. The van der Waals surface area contributed by atoms with Crippen molar-refractivity contribution in [3.8, 4) is 0 Å². The summed E-state index contributed by atoms with van der Waals surface area (Å²) in [7, 11) is 0. The van der Waals surface area contributed by atoms with Gasteiger partial charge < -0.3 is 25.0 Å². The van der Waals surface area contributed by atoms with Gasteiger partial charge in [-0.15, -0.1) is 0 Å². The van der Waals surface area contributed by atoms with Crippen LogP contribution in [0.25, 0.3) is 0 Å². The Labute approximate surface area is 253 Å². The van der Waals surface area contributed by atoms with Crippen LogP contribution >= 0.6 is 0 Å². The van der Waals surface area contributed by atoms with Crippen LogP contribution in [-0.4, -0.2) is 59.6 Å². The quantitative estimate of drug-likeness (QED) is 0.242. The van der Waals surface area contributed by atoms with E-state index in [4.69, 9.17) is 9.47 Å². The van der Waals surface area contributed by atoms with E-state index in [0.717, 1.165) is 17.5 Å². The molecule has 9 heteroatoms. The molecule has 0 aliphatic carbocycles. The third kappa shape index (κ3) is 11.6. The number of nitrogens with one attached hydrogen (secondary N) is 2. The topological polar surface area (TPSA) is 114 Å². The Hall–Kier alpha value is -3.10. The van der Waals surface area contributed by atoms with Crippen molar-refractivity contribution in [2.75, 3.05) is 13.2 Å². The molecule has 3 amide bonds. The number of benzene rings is 1. The van der Waals surface area contributed by atoms with E-state index in [2.05, 4.69) is 24.5 Å². The molecule has 0 saturated carbocycles. The number of hydrogen-bond donors (Lipinski definition) is 2. The highest BCUT2D eigenvalue weighted by atomic mass is 16.6. The van der Waals surface area contributed by atoms with Crippen LogP contribution in [0.4, 0.5) is 4.79 Å². The van der Waals surface area contributed by atoms with Gasteiger partial charge in [-0.05, 0) is 89.8 Å². The van der Waals surface area contributed by atoms with Gasteiger partial charge in [-0.1, -0.05) is 52.3 Å². The van der Waals surface area contributed by atoms with Crippen LogP contribution in [0.15, 0.2) is 18.2 Å². The minimum absolute atomic E-state index is 0.0195. The van der Waals surface area contributed by atoms with E-state index in [1.807, 2.05) is 52.8 Å². The summed E-state index contributed by atoms with van der Waals surface area (Å²) in [6, 6.07) is 3.50. The molecule has 0 aliphatic rings. The molecule has 0 aromatic heterocycles. The van der Waals surface area contributed by atoms with Crippen LogP contribution in [0, 0.1) is 25.7 Å². The predicted molar refractivity (Wildman–Crippen MR) is 166 cm³/mol. The van der Waals surface area contributed by atoms with Crippen molar-refractivity contribution in [2.45, 2.75) is 126 Å². The van der Waals surface area contributed by atoms with Gasteiger partial charge in [0.05, 0.1) is 13.0 Å². The smallest absolute Gasteiger partial charge is 0.408 e. The van der Waals surface area contributed by atoms with Crippen molar-refractivity contribution < 1.29 is 28.7 Å². The summed E-state index contributed by atoms with van der Waals surface area (Å²) < 4.78 is 10.5. The van der Waals surface area contributed by atoms with Crippen LogP contribution in [0.5, 0.6) is 0 Å². The van der Waals surface area contributed by atoms with Gasteiger partial charge in [0.2, 0.25) is 11.8 Å². The van der Waals surface area contributed by atoms with Gasteiger partial charge in [-0.2, -0.15) is 0 Å². The van der Waals surface area contributed by atoms with Crippen molar-refractivity contribution in [2.24, 2.45) is 11.8 Å². The molecule has 2 N–H and O–H groups in total. The molecule has 0 spiro atoms. The van der Waals surface area contributed by atoms with E-state index in [1.165, 1.54) is 0 Å². The van der Waals surface area contributed by atoms with Crippen LogP contribution in [0.2, 0.25) is 0 Å². The Morgan fingerprint density at radius 2 is 1.62 bits per heavy atom. The number of carbonyl (C=O) groups excluding carboxylic acids is 4. The van der Waals surface area contributed by atoms with Crippen molar-refractivity contribution in [1.29, 1.82) is 0 Å². The lowest BCUT2D eigenvalue weighted by Gasteiger charge is -2.40. The summed E-state index contributed by atoms with van der Waals surface area (Å²) in [5.41, 5.74) is 1.85. The number of aryl methyl sites for hydroxylation is 1. The summed E-state index contributed by atoms with van der Waals surface area (Å²) in [5, 5.41) is 5.70.